The van der Waals surface area contributed by atoms with Crippen LogP contribution >= 0.6 is 11.3 Å². The molecule has 2 rings (SSSR count). The molecule has 0 aliphatic heterocycles. The number of carbonyl (C=O) groups excluding carboxylic acids is 2. The van der Waals surface area contributed by atoms with Crippen molar-refractivity contribution in [1.82, 2.24) is 0 Å². The Morgan fingerprint density at radius 2 is 1.86 bits per heavy atom. The molecular weight excluding hydrogens is 414 g/mol. The van der Waals surface area contributed by atoms with Gasteiger partial charge in [0.25, 0.3) is 0 Å². The Kier molecular flexibility index (Phi) is 6.87. The van der Waals surface area contributed by atoms with Gasteiger partial charge in [0.2, 0.25) is 10.0 Å². The zero-order chi connectivity index (χ0) is 22.0. The van der Waals surface area contributed by atoms with E-state index < -0.39 is 21.4 Å². The summed E-state index contributed by atoms with van der Waals surface area (Å²) in [7, 11) is -2.78. The Morgan fingerprint density at radius 3 is 2.41 bits per heavy atom. The lowest BCUT2D eigenvalue weighted by Crippen LogP contribution is -2.24. The van der Waals surface area contributed by atoms with Gasteiger partial charge in [-0.3, -0.25) is 4.79 Å². The molecule has 1 aromatic carbocycles. The van der Waals surface area contributed by atoms with Gasteiger partial charge in [0.15, 0.2) is 0 Å². The van der Waals surface area contributed by atoms with E-state index in [1.807, 2.05) is 0 Å². The summed E-state index contributed by atoms with van der Waals surface area (Å²) in [5, 5.41) is 5.50. The number of hydrogen-bond donors (Lipinski definition) is 1. The molecule has 9 heteroatoms. The van der Waals surface area contributed by atoms with Crippen molar-refractivity contribution in [2.45, 2.75) is 39.0 Å². The van der Waals surface area contributed by atoms with Crippen molar-refractivity contribution >= 4 is 33.3 Å². The van der Waals surface area contributed by atoms with Crippen LogP contribution in [0.5, 0.6) is 0 Å². The highest BCUT2D eigenvalue weighted by Gasteiger charge is 2.25. The fourth-order valence-electron chi connectivity index (χ4n) is 2.71. The van der Waals surface area contributed by atoms with Crippen molar-refractivity contribution in [2.24, 2.45) is 10.6 Å². The molecule has 0 spiro atoms. The molecule has 2 N–H and O–H groups in total. The first-order valence-electron chi connectivity index (χ1n) is 8.87. The Morgan fingerprint density at radius 1 is 1.21 bits per heavy atom. The predicted molar refractivity (Wildman–Crippen MR) is 111 cm³/mol. The van der Waals surface area contributed by atoms with Crippen LogP contribution in [0.3, 0.4) is 0 Å². The first kappa shape index (κ1) is 23.1. The largest absolute Gasteiger partial charge is 0.465 e. The molecule has 7 nitrogen and oxygen atoms in total. The summed E-state index contributed by atoms with van der Waals surface area (Å²) in [4.78, 5) is 25.1. The van der Waals surface area contributed by atoms with Gasteiger partial charge in [-0.25, -0.2) is 18.4 Å². The van der Waals surface area contributed by atoms with E-state index in [4.69, 9.17) is 14.6 Å². The number of ether oxygens (including phenoxy) is 2. The van der Waals surface area contributed by atoms with Crippen molar-refractivity contribution in [1.29, 1.82) is 0 Å². The number of carbonyl (C=O) groups is 2. The lowest BCUT2D eigenvalue weighted by Gasteiger charge is -2.17. The van der Waals surface area contributed by atoms with E-state index in [0.717, 1.165) is 0 Å². The third-order valence-corrected chi connectivity index (χ3v) is 6.32. The number of primary sulfonamides is 1. The molecule has 0 aliphatic rings. The van der Waals surface area contributed by atoms with E-state index in [0.29, 0.717) is 26.4 Å². The van der Waals surface area contributed by atoms with Crippen LogP contribution in [-0.4, -0.2) is 34.1 Å². The number of rotatable bonds is 6. The molecule has 0 amide bonds. The number of benzene rings is 1. The van der Waals surface area contributed by atoms with E-state index >= 15 is 0 Å². The molecule has 29 heavy (non-hydrogen) atoms. The molecule has 0 saturated heterocycles. The maximum atomic E-state index is 12.4. The molecule has 0 fully saturated rings. The maximum absolute atomic E-state index is 12.4. The number of hydrogen-bond acceptors (Lipinski definition) is 7. The topological polar surface area (TPSA) is 113 Å². The summed E-state index contributed by atoms with van der Waals surface area (Å²) in [6.07, 6.45) is 0.190. The van der Waals surface area contributed by atoms with Crippen molar-refractivity contribution in [3.8, 4) is 10.4 Å². The minimum Gasteiger partial charge on any atom is -0.465 e. The van der Waals surface area contributed by atoms with Crippen LogP contribution < -0.4 is 5.14 Å². The molecule has 1 heterocycles. The highest BCUT2D eigenvalue weighted by Crippen LogP contribution is 2.36. The van der Waals surface area contributed by atoms with Crippen LogP contribution in [0, 0.1) is 12.3 Å². The maximum Gasteiger partial charge on any atom is 0.338 e. The normalized spacial score (nSPS) is 11.9. The highest BCUT2D eigenvalue weighted by atomic mass is 32.2. The molecule has 0 atom stereocenters. The summed E-state index contributed by atoms with van der Waals surface area (Å²) in [5.41, 5.74) is 0.564. The van der Waals surface area contributed by atoms with Gasteiger partial charge in [-0.2, -0.15) is 0 Å². The lowest BCUT2D eigenvalue weighted by molar-refractivity contribution is -0.152. The lowest BCUT2D eigenvalue weighted by atomic mass is 9.97. The molecule has 0 radical (unpaired) electrons. The van der Waals surface area contributed by atoms with Gasteiger partial charge in [-0.1, -0.05) is 18.2 Å². The van der Waals surface area contributed by atoms with Crippen molar-refractivity contribution in [3.05, 3.63) is 40.3 Å². The highest BCUT2D eigenvalue weighted by molar-refractivity contribution is 7.89. The number of nitrogens with two attached hydrogens (primary N) is 1. The zero-order valence-electron chi connectivity index (χ0n) is 17.1. The molecule has 0 saturated carbocycles. The quantitative estimate of drug-likeness (QED) is 0.691. The summed E-state index contributed by atoms with van der Waals surface area (Å²) in [6, 6.07) is 6.57. The second-order valence-electron chi connectivity index (χ2n) is 7.55. The SMILES string of the molecule is COC(=O)c1cc(-c2cccc(CCOC(=O)C(C)(C)C)c2S(N)(=O)=O)sc1C. The zero-order valence-corrected chi connectivity index (χ0v) is 18.7. The minimum atomic E-state index is -4.07. The van der Waals surface area contributed by atoms with Crippen molar-refractivity contribution in [2.75, 3.05) is 13.7 Å². The summed E-state index contributed by atoms with van der Waals surface area (Å²) in [5.74, 6) is -0.866. The van der Waals surface area contributed by atoms with Crippen LogP contribution in [0.1, 0.15) is 41.6 Å². The van der Waals surface area contributed by atoms with Gasteiger partial charge >= 0.3 is 11.9 Å². The number of methoxy groups -OCH3 is 1. The molecule has 1 aromatic heterocycles. The fourth-order valence-corrected chi connectivity index (χ4v) is 4.83. The Labute approximate surface area is 174 Å². The third kappa shape index (κ3) is 5.43. The monoisotopic (exact) mass is 439 g/mol. The van der Waals surface area contributed by atoms with E-state index in [1.54, 1.807) is 52.0 Å². The fraction of sp³-hybridized carbons (Fsp3) is 0.400. The van der Waals surface area contributed by atoms with E-state index in [2.05, 4.69) is 0 Å². The molecule has 158 valence electrons. The third-order valence-electron chi connectivity index (χ3n) is 4.19. The van der Waals surface area contributed by atoms with Crippen LogP contribution in [0.4, 0.5) is 0 Å². The standard InChI is InChI=1S/C20H25NO6S2/c1-12-15(18(22)26-5)11-16(28-12)14-8-6-7-13(17(14)29(21,24)25)9-10-27-19(23)20(2,3)4/h6-8,11H,9-10H2,1-5H3,(H2,21,24,25). The van der Waals surface area contributed by atoms with Crippen LogP contribution in [0.2, 0.25) is 0 Å². The van der Waals surface area contributed by atoms with Crippen LogP contribution in [0.25, 0.3) is 10.4 Å². The molecule has 2 aromatic rings. The van der Waals surface area contributed by atoms with Gasteiger partial charge in [-0.05, 0) is 39.3 Å². The van der Waals surface area contributed by atoms with Gasteiger partial charge in [0, 0.05) is 21.7 Å². The average molecular weight is 440 g/mol. The summed E-state index contributed by atoms with van der Waals surface area (Å²) in [6.45, 7) is 7.00. The Hall–Kier alpha value is -2.23. The Balaban J connectivity index is 2.44. The Bertz CT molecular complexity index is 1030. The molecule has 0 unspecified atom stereocenters. The molecule has 0 bridgehead atoms. The summed E-state index contributed by atoms with van der Waals surface area (Å²) >= 11 is 1.28. The second-order valence-corrected chi connectivity index (χ2v) is 10.3. The van der Waals surface area contributed by atoms with Gasteiger partial charge in [0.05, 0.1) is 29.6 Å². The van der Waals surface area contributed by atoms with Crippen LogP contribution in [-0.2, 0) is 30.7 Å². The number of esters is 2. The molecular formula is C20H25NO6S2. The average Bonchev–Trinajstić information content (AvgIpc) is 3.00. The van der Waals surface area contributed by atoms with Crippen molar-refractivity contribution < 1.29 is 27.5 Å². The van der Waals surface area contributed by atoms with Gasteiger partial charge in [-0.15, -0.1) is 11.3 Å². The smallest absolute Gasteiger partial charge is 0.338 e. The number of thiophene rings is 1. The van der Waals surface area contributed by atoms with Gasteiger partial charge < -0.3 is 9.47 Å². The van der Waals surface area contributed by atoms with Crippen LogP contribution in [0.15, 0.2) is 29.2 Å². The number of sulfonamides is 1. The first-order valence-corrected chi connectivity index (χ1v) is 11.2. The van der Waals surface area contributed by atoms with Gasteiger partial charge in [0.1, 0.15) is 0 Å². The predicted octanol–water partition coefficient (Wildman–Crippen LogP) is 3.29. The van der Waals surface area contributed by atoms with E-state index in [-0.39, 0.29) is 23.9 Å². The first-order chi connectivity index (χ1) is 13.4. The summed E-state index contributed by atoms with van der Waals surface area (Å²) < 4.78 is 34.8. The second kappa shape index (κ2) is 8.64. The van der Waals surface area contributed by atoms with E-state index in [1.165, 1.54) is 18.4 Å². The minimum absolute atomic E-state index is 0.0267. The van der Waals surface area contributed by atoms with Crippen molar-refractivity contribution in [3.63, 3.8) is 0 Å². The number of aryl methyl sites for hydroxylation is 1. The molecule has 0 aliphatic carbocycles. The van der Waals surface area contributed by atoms with E-state index in [9.17, 15) is 18.0 Å².